The van der Waals surface area contributed by atoms with Gasteiger partial charge in [-0.05, 0) is 198 Å². The van der Waals surface area contributed by atoms with Crippen molar-refractivity contribution in [1.82, 2.24) is 0 Å². The van der Waals surface area contributed by atoms with Crippen molar-refractivity contribution in [1.29, 1.82) is 0 Å². The Labute approximate surface area is 809 Å². The van der Waals surface area contributed by atoms with Gasteiger partial charge in [-0.25, -0.2) is 0 Å². The van der Waals surface area contributed by atoms with Crippen LogP contribution in [0.25, 0.3) is 22.3 Å². The summed E-state index contributed by atoms with van der Waals surface area (Å²) < 4.78 is 0. The minimum absolute atomic E-state index is 0.196. The Bertz CT molecular complexity index is 7130. The minimum atomic E-state index is -3.22. The molecule has 2 nitrogen and oxygen atoms in total. The lowest BCUT2D eigenvalue weighted by atomic mass is 9.33. The number of nitrogens with zero attached hydrogens (tertiary/aromatic N) is 2. The lowest BCUT2D eigenvalue weighted by Crippen LogP contribution is -2.74. The molecule has 2 aliphatic heterocycles. The second kappa shape index (κ2) is 35.2. The fourth-order valence-corrected chi connectivity index (χ4v) is 43.4. The molecule has 0 saturated heterocycles. The molecule has 2 heterocycles. The molecule has 0 amide bonds. The van der Waals surface area contributed by atoms with E-state index in [4.69, 9.17) is 0 Å². The summed E-state index contributed by atoms with van der Waals surface area (Å²) in [5.74, 6) is -0.196. The van der Waals surface area contributed by atoms with Crippen LogP contribution in [-0.2, 0) is 5.41 Å². The van der Waals surface area contributed by atoms with Crippen LogP contribution in [0, 0.1) is 0 Å². The van der Waals surface area contributed by atoms with E-state index < -0.39 is 32.3 Å². The molecule has 1 aliphatic carbocycles. The van der Waals surface area contributed by atoms with Crippen molar-refractivity contribution >= 4 is 173 Å². The molecule has 0 atom stereocenters. The third-order valence-corrected chi connectivity index (χ3v) is 49.2. The maximum absolute atomic E-state index is 3.22. The third-order valence-electron chi connectivity index (χ3n) is 30.1. The molecule has 0 bridgehead atoms. The highest BCUT2D eigenvalue weighted by atomic mass is 28.3. The standard InChI is InChI=1S/C130H99BN2Si4/c1-130(2)120-81-41-39-79-118(120)128(119-80-40-42-82-121(119)130)99-91-126-129-127(92-99)133(101-50-46-78-117(94-101)137(111-69-33-12-34-70-111,112-71-35-13-36-72-112)113-73-37-14-38-74-113)125-90-98(96-48-44-76-115(88-96)135(105-57-21-6-22-58-105,106-59-23-7-24-60-106)107-61-25-8-26-62-107)84-86-123(125)131(129)122-85-83-97(95-47-43-75-114(87-95)134(102-51-15-3-16-52-102,103-53-17-4-18-54-103)104-55-19-5-20-56-104)89-124(122)132(126)100-49-45-77-116(93-100)136(108-63-27-9-28-64-108,109-65-29-10-30-66-109)110-67-31-11-32-68-110/h3-94,128H,1-2H3. The fraction of sp³-hybridized carbons (Fsp3) is 0.0308. The van der Waals surface area contributed by atoms with Crippen molar-refractivity contribution in [3.63, 3.8) is 0 Å². The zero-order valence-electron chi connectivity index (χ0n) is 76.7. The highest BCUT2D eigenvalue weighted by Crippen LogP contribution is 2.53. The molecule has 0 radical (unpaired) electrons. The fourth-order valence-electron chi connectivity index (χ4n) is 24.3. The molecule has 21 aromatic rings. The van der Waals surface area contributed by atoms with Gasteiger partial charge in [-0.2, -0.15) is 0 Å². The van der Waals surface area contributed by atoms with Gasteiger partial charge in [0.15, 0.2) is 32.3 Å². The first-order valence-electron chi connectivity index (χ1n) is 48.1. The van der Waals surface area contributed by atoms with Crippen molar-refractivity contribution in [3.8, 4) is 22.3 Å². The summed E-state index contributed by atoms with van der Waals surface area (Å²) in [5.41, 5.74) is 21.2. The molecular formula is C130H99BN2Si4. The van der Waals surface area contributed by atoms with E-state index in [-0.39, 0.29) is 18.0 Å². The molecule has 21 aromatic carbocycles. The Kier molecular flexibility index (Phi) is 21.6. The largest absolute Gasteiger partial charge is 0.311 e. The van der Waals surface area contributed by atoms with Gasteiger partial charge in [0.05, 0.1) is 0 Å². The van der Waals surface area contributed by atoms with Gasteiger partial charge < -0.3 is 9.80 Å². The summed E-state index contributed by atoms with van der Waals surface area (Å²) in [4.78, 5) is 5.49. The molecule has 0 saturated carbocycles. The van der Waals surface area contributed by atoms with Crippen LogP contribution >= 0.6 is 0 Å². The average molecular weight is 1810 g/mol. The molecule has 0 unspecified atom stereocenters. The molecule has 3 aliphatic rings. The van der Waals surface area contributed by atoms with Gasteiger partial charge in [0, 0.05) is 45.5 Å². The smallest absolute Gasteiger partial charge is 0.252 e. The Balaban J connectivity index is 0.828. The zero-order chi connectivity index (χ0) is 91.5. The van der Waals surface area contributed by atoms with Crippen molar-refractivity contribution in [2.45, 2.75) is 25.2 Å². The van der Waals surface area contributed by atoms with Crippen molar-refractivity contribution in [2.24, 2.45) is 0 Å². The van der Waals surface area contributed by atoms with Crippen LogP contribution in [0.15, 0.2) is 558 Å². The topological polar surface area (TPSA) is 6.48 Å². The predicted octanol–water partition coefficient (Wildman–Crippen LogP) is 18.4. The van der Waals surface area contributed by atoms with Crippen molar-refractivity contribution in [3.05, 3.63) is 586 Å². The van der Waals surface area contributed by atoms with Gasteiger partial charge in [0.1, 0.15) is 0 Å². The molecule has 137 heavy (non-hydrogen) atoms. The molecule has 7 heteroatoms. The van der Waals surface area contributed by atoms with Gasteiger partial charge in [-0.3, -0.25) is 0 Å². The van der Waals surface area contributed by atoms with Gasteiger partial charge >= 0.3 is 0 Å². The molecule has 0 N–H and O–H groups in total. The van der Waals surface area contributed by atoms with Crippen LogP contribution in [0.1, 0.15) is 47.6 Å². The summed E-state index contributed by atoms with van der Waals surface area (Å²) >= 11 is 0. The van der Waals surface area contributed by atoms with Crippen LogP contribution in [0.3, 0.4) is 0 Å². The van der Waals surface area contributed by atoms with Crippen LogP contribution in [0.4, 0.5) is 34.1 Å². The van der Waals surface area contributed by atoms with Crippen molar-refractivity contribution < 1.29 is 0 Å². The van der Waals surface area contributed by atoms with E-state index in [0.717, 1.165) is 56.4 Å². The highest BCUT2D eigenvalue weighted by molar-refractivity contribution is 7.22. The molecular weight excluding hydrogens is 1710 g/mol. The summed E-state index contributed by atoms with van der Waals surface area (Å²) in [6.45, 7) is 4.58. The molecule has 0 fully saturated rings. The van der Waals surface area contributed by atoms with Crippen LogP contribution in [0.2, 0.25) is 0 Å². The van der Waals surface area contributed by atoms with Crippen LogP contribution < -0.4 is 109 Å². The monoisotopic (exact) mass is 1810 g/mol. The second-order valence-corrected chi connectivity index (χ2v) is 52.7. The molecule has 0 spiro atoms. The molecule has 648 valence electrons. The predicted molar refractivity (Wildman–Crippen MR) is 592 cm³/mol. The first kappa shape index (κ1) is 84.2. The summed E-state index contributed by atoms with van der Waals surface area (Å²) in [6.07, 6.45) is 0. The maximum atomic E-state index is 2.74. The minimum Gasteiger partial charge on any atom is -0.311 e. The van der Waals surface area contributed by atoms with E-state index >= 15 is 0 Å². The average Bonchev–Trinajstić information content (AvgIpc) is 0.684. The van der Waals surface area contributed by atoms with E-state index in [1.54, 1.807) is 0 Å². The van der Waals surface area contributed by atoms with E-state index in [1.807, 2.05) is 0 Å². The molecule has 24 rings (SSSR count). The highest BCUT2D eigenvalue weighted by Gasteiger charge is 2.51. The summed E-state index contributed by atoms with van der Waals surface area (Å²) in [7, 11) is -12.5. The van der Waals surface area contributed by atoms with Gasteiger partial charge in [-0.15, -0.1) is 0 Å². The number of anilines is 6. The van der Waals surface area contributed by atoms with E-state index in [1.165, 1.54) is 127 Å². The normalized spacial score (nSPS) is 13.2. The lowest BCUT2D eigenvalue weighted by molar-refractivity contribution is 0.597. The quantitative estimate of drug-likeness (QED) is 0.0523. The van der Waals surface area contributed by atoms with E-state index in [2.05, 4.69) is 582 Å². The number of benzene rings is 21. The first-order chi connectivity index (χ1) is 67.7. The SMILES string of the molecule is CC1(C)c2ccccc2C(c2cc3c4c(c2)N(c2cccc([Si](c5ccccc5)(c5ccccc5)c5ccccc5)c2)c2cc(-c5cccc([Si](c6ccccc6)(c6ccccc6)c6ccccc6)c5)ccc2B4c2ccc(-c4cccc([Si](c5ccccc5)(c5ccccc5)c5ccccc5)c4)cc2N3c2cccc([Si](c3ccccc3)(c3ccccc3)c3ccccc3)c2)c2ccccc21. The van der Waals surface area contributed by atoms with Gasteiger partial charge in [-0.1, -0.05) is 523 Å². The number of rotatable bonds is 21. The van der Waals surface area contributed by atoms with Crippen LogP contribution in [-0.4, -0.2) is 39.0 Å². The Morgan fingerprint density at radius 2 is 0.409 bits per heavy atom. The van der Waals surface area contributed by atoms with E-state index in [0.29, 0.717) is 0 Å². The van der Waals surface area contributed by atoms with E-state index in [9.17, 15) is 0 Å². The molecule has 0 aromatic heterocycles. The second-order valence-electron chi connectivity index (χ2n) is 37.5. The maximum Gasteiger partial charge on any atom is 0.252 e. The zero-order valence-corrected chi connectivity index (χ0v) is 80.7. The summed E-state index contributed by atoms with van der Waals surface area (Å²) in [5, 5.41) is 21.1. The Morgan fingerprint density at radius 1 is 0.190 bits per heavy atom. The Morgan fingerprint density at radius 3 is 0.672 bits per heavy atom. The number of hydrogen-bond donors (Lipinski definition) is 0. The van der Waals surface area contributed by atoms with Gasteiger partial charge in [0.2, 0.25) is 0 Å². The van der Waals surface area contributed by atoms with Crippen LogP contribution in [0.5, 0.6) is 0 Å². The van der Waals surface area contributed by atoms with Crippen molar-refractivity contribution in [2.75, 3.05) is 9.80 Å². The summed E-state index contributed by atoms with van der Waals surface area (Å²) in [6, 6.07) is 216. The number of hydrogen-bond acceptors (Lipinski definition) is 2. The lowest BCUT2D eigenvalue weighted by Gasteiger charge is -2.46. The first-order valence-corrected chi connectivity index (χ1v) is 56.1. The van der Waals surface area contributed by atoms with Gasteiger partial charge in [0.25, 0.3) is 6.71 Å². The third kappa shape index (κ3) is 13.8. The number of fused-ring (bicyclic) bond motifs is 6. The Hall–Kier alpha value is -15.8.